The number of carbonyl (C=O) groups excluding carboxylic acids is 1. The van der Waals surface area contributed by atoms with E-state index in [1.165, 1.54) is 0 Å². The summed E-state index contributed by atoms with van der Waals surface area (Å²) in [7, 11) is 1.61. The number of benzene rings is 1. The average molecular weight is 373 g/mol. The summed E-state index contributed by atoms with van der Waals surface area (Å²) in [6.07, 6.45) is 2.12. The van der Waals surface area contributed by atoms with Crippen molar-refractivity contribution in [3.63, 3.8) is 0 Å². The Hall–Kier alpha value is -0.780. The molecule has 0 spiro atoms. The highest BCUT2D eigenvalue weighted by Crippen LogP contribution is 2.32. The molecule has 19 heavy (non-hydrogen) atoms. The Labute approximate surface area is 128 Å². The summed E-state index contributed by atoms with van der Waals surface area (Å²) in [6, 6.07) is 5.71. The van der Waals surface area contributed by atoms with Crippen LogP contribution in [0.25, 0.3) is 0 Å². The molecule has 1 aromatic carbocycles. The Morgan fingerprint density at radius 3 is 2.53 bits per heavy atom. The first-order valence-electron chi connectivity index (χ1n) is 6.56. The zero-order chi connectivity index (χ0) is 14.0. The molecule has 0 radical (unpaired) electrons. The SMILES string of the molecule is COc1cccc(I)c1C(=O)N1CCC(C)(C)CC1. The zero-order valence-electron chi connectivity index (χ0n) is 11.7. The highest BCUT2D eigenvalue weighted by molar-refractivity contribution is 14.1. The van der Waals surface area contributed by atoms with E-state index >= 15 is 0 Å². The van der Waals surface area contributed by atoms with E-state index in [1.807, 2.05) is 23.1 Å². The standard InChI is InChI=1S/C15H20INO2/c1-15(2)7-9-17(10-8-15)14(18)13-11(16)5-4-6-12(13)19-3/h4-6H,7-10H2,1-3H3. The first-order chi connectivity index (χ1) is 8.94. The minimum atomic E-state index is 0.0948. The van der Waals surface area contributed by atoms with Crippen LogP contribution in [0, 0.1) is 8.99 Å². The molecule has 2 rings (SSSR count). The van der Waals surface area contributed by atoms with E-state index in [9.17, 15) is 4.79 Å². The normalized spacial score (nSPS) is 18.2. The fourth-order valence-electron chi connectivity index (χ4n) is 2.36. The summed E-state index contributed by atoms with van der Waals surface area (Å²) >= 11 is 2.20. The maximum absolute atomic E-state index is 12.7. The van der Waals surface area contributed by atoms with Gasteiger partial charge in [0, 0.05) is 16.7 Å². The van der Waals surface area contributed by atoms with Crippen molar-refractivity contribution in [2.24, 2.45) is 5.41 Å². The monoisotopic (exact) mass is 373 g/mol. The molecular weight excluding hydrogens is 353 g/mol. The van der Waals surface area contributed by atoms with Crippen molar-refractivity contribution < 1.29 is 9.53 Å². The lowest BCUT2D eigenvalue weighted by atomic mass is 9.82. The van der Waals surface area contributed by atoms with Gasteiger partial charge in [0.1, 0.15) is 5.75 Å². The lowest BCUT2D eigenvalue weighted by Crippen LogP contribution is -2.41. The molecule has 1 aliphatic heterocycles. The number of ether oxygens (including phenoxy) is 1. The quantitative estimate of drug-likeness (QED) is 0.742. The summed E-state index contributed by atoms with van der Waals surface area (Å²) in [6.45, 7) is 6.20. The van der Waals surface area contributed by atoms with Crippen LogP contribution in [0.2, 0.25) is 0 Å². The second kappa shape index (κ2) is 5.69. The molecule has 1 aromatic rings. The Kier molecular flexibility index (Phi) is 4.38. The number of likely N-dealkylation sites (tertiary alicyclic amines) is 1. The van der Waals surface area contributed by atoms with Crippen LogP contribution >= 0.6 is 22.6 Å². The molecule has 4 heteroatoms. The second-order valence-electron chi connectivity index (χ2n) is 5.77. The van der Waals surface area contributed by atoms with Crippen molar-refractivity contribution in [3.8, 4) is 5.75 Å². The molecular formula is C15H20INO2. The third kappa shape index (κ3) is 3.22. The van der Waals surface area contributed by atoms with E-state index in [-0.39, 0.29) is 5.91 Å². The van der Waals surface area contributed by atoms with Crippen LogP contribution in [-0.2, 0) is 0 Å². The summed E-state index contributed by atoms with van der Waals surface area (Å²) < 4.78 is 6.28. The van der Waals surface area contributed by atoms with Gasteiger partial charge in [-0.2, -0.15) is 0 Å². The number of methoxy groups -OCH3 is 1. The average Bonchev–Trinajstić information content (AvgIpc) is 2.37. The van der Waals surface area contributed by atoms with E-state index < -0.39 is 0 Å². The Balaban J connectivity index is 2.21. The highest BCUT2D eigenvalue weighted by atomic mass is 127. The lowest BCUT2D eigenvalue weighted by molar-refractivity contribution is 0.0626. The minimum Gasteiger partial charge on any atom is -0.496 e. The van der Waals surface area contributed by atoms with Gasteiger partial charge in [0.05, 0.1) is 12.7 Å². The van der Waals surface area contributed by atoms with Crippen molar-refractivity contribution in [2.75, 3.05) is 20.2 Å². The molecule has 0 unspecified atom stereocenters. The molecule has 3 nitrogen and oxygen atoms in total. The van der Waals surface area contributed by atoms with Gasteiger partial charge in [0.15, 0.2) is 0 Å². The maximum Gasteiger partial charge on any atom is 0.258 e. The van der Waals surface area contributed by atoms with Gasteiger partial charge in [-0.1, -0.05) is 19.9 Å². The van der Waals surface area contributed by atoms with Crippen LogP contribution in [0.3, 0.4) is 0 Å². The number of halogens is 1. The third-order valence-corrected chi connectivity index (χ3v) is 4.71. The molecule has 0 N–H and O–H groups in total. The number of nitrogens with zero attached hydrogens (tertiary/aromatic N) is 1. The summed E-state index contributed by atoms with van der Waals surface area (Å²) in [5.41, 5.74) is 1.05. The molecule has 0 atom stereocenters. The number of hydrogen-bond acceptors (Lipinski definition) is 2. The minimum absolute atomic E-state index is 0.0948. The van der Waals surface area contributed by atoms with E-state index in [0.717, 1.165) is 29.5 Å². The molecule has 1 amide bonds. The van der Waals surface area contributed by atoms with Crippen molar-refractivity contribution in [2.45, 2.75) is 26.7 Å². The topological polar surface area (TPSA) is 29.5 Å². The number of piperidine rings is 1. The van der Waals surface area contributed by atoms with Crippen LogP contribution in [-0.4, -0.2) is 31.0 Å². The van der Waals surface area contributed by atoms with Crippen LogP contribution in [0.15, 0.2) is 18.2 Å². The van der Waals surface area contributed by atoms with Crippen LogP contribution in [0.1, 0.15) is 37.0 Å². The maximum atomic E-state index is 12.7. The third-order valence-electron chi connectivity index (χ3n) is 3.81. The summed E-state index contributed by atoms with van der Waals surface area (Å²) in [5.74, 6) is 0.763. The molecule has 1 fully saturated rings. The number of carbonyl (C=O) groups is 1. The molecule has 0 bridgehead atoms. The first-order valence-corrected chi connectivity index (χ1v) is 7.64. The fraction of sp³-hybridized carbons (Fsp3) is 0.533. The van der Waals surface area contributed by atoms with Gasteiger partial charge in [-0.25, -0.2) is 0 Å². The van der Waals surface area contributed by atoms with Gasteiger partial charge >= 0.3 is 0 Å². The van der Waals surface area contributed by atoms with Gasteiger partial charge in [-0.05, 0) is 53.0 Å². The number of hydrogen-bond donors (Lipinski definition) is 0. The Morgan fingerprint density at radius 2 is 1.95 bits per heavy atom. The molecule has 0 aromatic heterocycles. The Morgan fingerprint density at radius 1 is 1.32 bits per heavy atom. The largest absolute Gasteiger partial charge is 0.496 e. The molecule has 1 saturated heterocycles. The fourth-order valence-corrected chi connectivity index (χ4v) is 3.06. The Bertz CT molecular complexity index is 475. The van der Waals surface area contributed by atoms with Gasteiger partial charge < -0.3 is 9.64 Å². The smallest absolute Gasteiger partial charge is 0.258 e. The van der Waals surface area contributed by atoms with E-state index in [0.29, 0.717) is 16.7 Å². The van der Waals surface area contributed by atoms with Crippen molar-refractivity contribution >= 4 is 28.5 Å². The highest BCUT2D eigenvalue weighted by Gasteiger charge is 2.30. The summed E-state index contributed by atoms with van der Waals surface area (Å²) in [5, 5.41) is 0. The molecule has 1 heterocycles. The molecule has 0 saturated carbocycles. The first kappa shape index (κ1) is 14.6. The second-order valence-corrected chi connectivity index (χ2v) is 6.94. The van der Waals surface area contributed by atoms with Gasteiger partial charge in [0.25, 0.3) is 5.91 Å². The van der Waals surface area contributed by atoms with Crippen LogP contribution in [0.5, 0.6) is 5.75 Å². The number of rotatable bonds is 2. The zero-order valence-corrected chi connectivity index (χ0v) is 13.9. The molecule has 104 valence electrons. The number of amides is 1. The lowest BCUT2D eigenvalue weighted by Gasteiger charge is -2.37. The van der Waals surface area contributed by atoms with Gasteiger partial charge in [-0.15, -0.1) is 0 Å². The summed E-state index contributed by atoms with van der Waals surface area (Å²) in [4.78, 5) is 14.6. The van der Waals surface area contributed by atoms with Crippen LogP contribution in [0.4, 0.5) is 0 Å². The van der Waals surface area contributed by atoms with Crippen molar-refractivity contribution in [1.82, 2.24) is 4.90 Å². The van der Waals surface area contributed by atoms with E-state index in [2.05, 4.69) is 36.4 Å². The van der Waals surface area contributed by atoms with Crippen LogP contribution < -0.4 is 4.74 Å². The van der Waals surface area contributed by atoms with Gasteiger partial charge in [0.2, 0.25) is 0 Å². The predicted octanol–water partition coefficient (Wildman–Crippen LogP) is 3.56. The molecule has 0 aliphatic carbocycles. The predicted molar refractivity (Wildman–Crippen MR) is 84.6 cm³/mol. The van der Waals surface area contributed by atoms with Crippen molar-refractivity contribution in [1.29, 1.82) is 0 Å². The molecule has 1 aliphatic rings. The van der Waals surface area contributed by atoms with Gasteiger partial charge in [-0.3, -0.25) is 4.79 Å². The van der Waals surface area contributed by atoms with Crippen molar-refractivity contribution in [3.05, 3.63) is 27.3 Å². The van der Waals surface area contributed by atoms with E-state index in [4.69, 9.17) is 4.74 Å². The van der Waals surface area contributed by atoms with E-state index in [1.54, 1.807) is 7.11 Å².